The minimum atomic E-state index is 0.0548. The zero-order chi connectivity index (χ0) is 13.1. The fourth-order valence-electron chi connectivity index (χ4n) is 1.78. The van der Waals surface area contributed by atoms with Gasteiger partial charge in [-0.05, 0) is 24.6 Å². The smallest absolute Gasteiger partial charge is 0.237 e. The Hall–Kier alpha value is -1.44. The summed E-state index contributed by atoms with van der Waals surface area (Å²) in [6.07, 6.45) is 0. The maximum Gasteiger partial charge on any atom is 0.237 e. The van der Waals surface area contributed by atoms with Gasteiger partial charge in [-0.2, -0.15) is 5.26 Å². The summed E-state index contributed by atoms with van der Waals surface area (Å²) < 4.78 is 0. The Bertz CT molecular complexity index is 545. The number of thioether (sulfide) groups is 1. The van der Waals surface area contributed by atoms with Gasteiger partial charge in [0.1, 0.15) is 6.07 Å². The minimum Gasteiger partial charge on any atom is -0.305 e. The lowest BCUT2D eigenvalue weighted by atomic mass is 10.1. The standard InChI is InChI=1S/C13H11ClN2OS/c1-2-16-12(17)8-18-13(16)11(7-15)9-3-5-10(14)6-4-9/h3-6H,2,8H2,1H3/b13-11-. The number of carbonyl (C=O) groups excluding carboxylic acids is 1. The molecular weight excluding hydrogens is 268 g/mol. The van der Waals surface area contributed by atoms with Crippen LogP contribution in [0.5, 0.6) is 0 Å². The van der Waals surface area contributed by atoms with Gasteiger partial charge in [0, 0.05) is 11.6 Å². The third kappa shape index (κ3) is 2.38. The van der Waals surface area contributed by atoms with E-state index in [1.807, 2.05) is 6.92 Å². The fourth-order valence-corrected chi connectivity index (χ4v) is 3.02. The molecule has 3 nitrogen and oxygen atoms in total. The van der Waals surface area contributed by atoms with Crippen LogP contribution in [0, 0.1) is 11.3 Å². The van der Waals surface area contributed by atoms with Crippen LogP contribution in [0.15, 0.2) is 29.3 Å². The first-order chi connectivity index (χ1) is 8.67. The molecule has 0 N–H and O–H groups in total. The van der Waals surface area contributed by atoms with Crippen molar-refractivity contribution in [1.82, 2.24) is 4.90 Å². The van der Waals surface area contributed by atoms with E-state index in [-0.39, 0.29) is 5.91 Å². The normalized spacial score (nSPS) is 17.8. The largest absolute Gasteiger partial charge is 0.305 e. The average molecular weight is 279 g/mol. The number of benzene rings is 1. The Morgan fingerprint density at radius 2 is 2.17 bits per heavy atom. The molecule has 0 unspecified atom stereocenters. The number of rotatable bonds is 2. The second kappa shape index (κ2) is 5.47. The Morgan fingerprint density at radius 3 is 2.72 bits per heavy atom. The van der Waals surface area contributed by atoms with Gasteiger partial charge in [-0.25, -0.2) is 0 Å². The van der Waals surface area contributed by atoms with Crippen LogP contribution >= 0.6 is 23.4 Å². The van der Waals surface area contributed by atoms with Gasteiger partial charge >= 0.3 is 0 Å². The summed E-state index contributed by atoms with van der Waals surface area (Å²) in [5, 5.41) is 10.7. The summed E-state index contributed by atoms with van der Waals surface area (Å²) in [6.45, 7) is 2.49. The summed E-state index contributed by atoms with van der Waals surface area (Å²) >= 11 is 7.25. The van der Waals surface area contributed by atoms with Crippen LogP contribution in [0.3, 0.4) is 0 Å². The van der Waals surface area contributed by atoms with Crippen molar-refractivity contribution < 1.29 is 4.79 Å². The maximum atomic E-state index is 11.7. The highest BCUT2D eigenvalue weighted by molar-refractivity contribution is 8.04. The summed E-state index contributed by atoms with van der Waals surface area (Å²) in [5.74, 6) is 0.460. The molecule has 1 aliphatic rings. The fraction of sp³-hybridized carbons (Fsp3) is 0.231. The zero-order valence-electron chi connectivity index (χ0n) is 9.81. The molecule has 0 aromatic heterocycles. The van der Waals surface area contributed by atoms with Crippen molar-refractivity contribution in [1.29, 1.82) is 5.26 Å². The van der Waals surface area contributed by atoms with E-state index in [9.17, 15) is 10.1 Å². The second-order valence-corrected chi connectivity index (χ2v) is 5.13. The lowest BCUT2D eigenvalue weighted by molar-refractivity contribution is -0.125. The molecule has 1 aliphatic heterocycles. The number of hydrogen-bond acceptors (Lipinski definition) is 3. The highest BCUT2D eigenvalue weighted by Crippen LogP contribution is 2.35. The van der Waals surface area contributed by atoms with Crippen LogP contribution in [0.2, 0.25) is 5.02 Å². The lowest BCUT2D eigenvalue weighted by Crippen LogP contribution is -2.24. The van der Waals surface area contributed by atoms with Crippen molar-refractivity contribution in [3.63, 3.8) is 0 Å². The first kappa shape index (κ1) is 13.0. The molecule has 5 heteroatoms. The van der Waals surface area contributed by atoms with E-state index in [1.54, 1.807) is 29.2 Å². The zero-order valence-corrected chi connectivity index (χ0v) is 11.4. The summed E-state index contributed by atoms with van der Waals surface area (Å²) in [4.78, 5) is 13.3. The Balaban J connectivity index is 2.48. The van der Waals surface area contributed by atoms with Gasteiger partial charge in [-0.15, -0.1) is 0 Å². The Kier molecular flexibility index (Phi) is 3.95. The van der Waals surface area contributed by atoms with E-state index < -0.39 is 0 Å². The number of carbonyl (C=O) groups is 1. The molecule has 0 bridgehead atoms. The van der Waals surface area contributed by atoms with Crippen LogP contribution in [-0.4, -0.2) is 23.1 Å². The number of nitrogens with zero attached hydrogens (tertiary/aromatic N) is 2. The average Bonchev–Trinajstić information content (AvgIpc) is 2.74. The monoisotopic (exact) mass is 278 g/mol. The third-order valence-corrected chi connectivity index (χ3v) is 3.99. The van der Waals surface area contributed by atoms with Crippen molar-refractivity contribution in [3.05, 3.63) is 39.9 Å². The van der Waals surface area contributed by atoms with Gasteiger partial charge in [0.2, 0.25) is 5.91 Å². The minimum absolute atomic E-state index is 0.0548. The quantitative estimate of drug-likeness (QED) is 0.781. The molecule has 92 valence electrons. The Labute approximate surface area is 115 Å². The second-order valence-electron chi connectivity index (χ2n) is 3.73. The van der Waals surface area contributed by atoms with Crippen LogP contribution in [0.4, 0.5) is 0 Å². The molecule has 1 amide bonds. The molecule has 0 saturated carbocycles. The van der Waals surface area contributed by atoms with Gasteiger partial charge in [-0.1, -0.05) is 35.5 Å². The number of hydrogen-bond donors (Lipinski definition) is 0. The number of amides is 1. The molecule has 0 aliphatic carbocycles. The highest BCUT2D eigenvalue weighted by Gasteiger charge is 2.28. The molecule has 18 heavy (non-hydrogen) atoms. The van der Waals surface area contributed by atoms with E-state index >= 15 is 0 Å². The maximum absolute atomic E-state index is 11.7. The van der Waals surface area contributed by atoms with Crippen LogP contribution in [0.1, 0.15) is 12.5 Å². The number of halogens is 1. The van der Waals surface area contributed by atoms with Crippen molar-refractivity contribution >= 4 is 34.8 Å². The van der Waals surface area contributed by atoms with Gasteiger partial charge in [-0.3, -0.25) is 4.79 Å². The summed E-state index contributed by atoms with van der Waals surface area (Å²) in [7, 11) is 0. The molecule has 1 aromatic rings. The van der Waals surface area contributed by atoms with Gasteiger partial charge in [0.05, 0.1) is 16.4 Å². The summed E-state index contributed by atoms with van der Waals surface area (Å²) in [5.41, 5.74) is 1.32. The topological polar surface area (TPSA) is 44.1 Å². The lowest BCUT2D eigenvalue weighted by Gasteiger charge is -2.15. The molecule has 0 spiro atoms. The molecular formula is C13H11ClN2OS. The molecule has 1 heterocycles. The van der Waals surface area contributed by atoms with Crippen molar-refractivity contribution in [2.45, 2.75) is 6.92 Å². The molecule has 0 radical (unpaired) electrons. The van der Waals surface area contributed by atoms with Crippen molar-refractivity contribution in [3.8, 4) is 6.07 Å². The number of nitriles is 1. The molecule has 0 atom stereocenters. The van der Waals surface area contributed by atoms with Gasteiger partial charge in [0.25, 0.3) is 0 Å². The Morgan fingerprint density at radius 1 is 1.50 bits per heavy atom. The third-order valence-electron chi connectivity index (χ3n) is 2.65. The molecule has 1 aromatic carbocycles. The highest BCUT2D eigenvalue weighted by atomic mass is 35.5. The van der Waals surface area contributed by atoms with E-state index in [0.717, 1.165) is 10.6 Å². The molecule has 2 rings (SSSR count). The first-order valence-corrected chi connectivity index (χ1v) is 6.87. The van der Waals surface area contributed by atoms with E-state index in [1.165, 1.54) is 11.8 Å². The molecule has 1 saturated heterocycles. The van der Waals surface area contributed by atoms with Crippen LogP contribution in [0.25, 0.3) is 5.57 Å². The van der Waals surface area contributed by atoms with Crippen LogP contribution in [-0.2, 0) is 4.79 Å². The predicted molar refractivity (Wildman–Crippen MR) is 73.8 cm³/mol. The SMILES string of the molecule is CCN1C(=O)CS/C1=C(/C#N)c1ccc(Cl)cc1. The van der Waals surface area contributed by atoms with Gasteiger partial charge in [0.15, 0.2) is 0 Å². The van der Waals surface area contributed by atoms with Crippen molar-refractivity contribution in [2.24, 2.45) is 0 Å². The number of allylic oxidation sites excluding steroid dienone is 1. The van der Waals surface area contributed by atoms with Gasteiger partial charge < -0.3 is 4.90 Å². The molecule has 1 fully saturated rings. The van der Waals surface area contributed by atoms with Crippen LogP contribution < -0.4 is 0 Å². The van der Waals surface area contributed by atoms with Crippen molar-refractivity contribution in [2.75, 3.05) is 12.3 Å². The van der Waals surface area contributed by atoms with E-state index in [2.05, 4.69) is 6.07 Å². The van der Waals surface area contributed by atoms with E-state index in [0.29, 0.717) is 22.9 Å². The predicted octanol–water partition coefficient (Wildman–Crippen LogP) is 3.13. The summed E-state index contributed by atoms with van der Waals surface area (Å²) in [6, 6.07) is 9.26. The first-order valence-electron chi connectivity index (χ1n) is 5.50. The van der Waals surface area contributed by atoms with E-state index in [4.69, 9.17) is 11.6 Å².